The van der Waals surface area contributed by atoms with E-state index in [4.69, 9.17) is 13.6 Å². The zero-order valence-electron chi connectivity index (χ0n) is 17.5. The molecule has 1 N–H and O–H groups in total. The summed E-state index contributed by atoms with van der Waals surface area (Å²) in [7, 11) is 1.61. The Hall–Kier alpha value is -2.79. The van der Waals surface area contributed by atoms with Gasteiger partial charge in [-0.3, -0.25) is 0 Å². The molecule has 2 aromatic heterocycles. The number of rotatable bonds is 9. The van der Waals surface area contributed by atoms with Crippen molar-refractivity contribution in [2.45, 2.75) is 51.0 Å². The Morgan fingerprint density at radius 1 is 1.10 bits per heavy atom. The van der Waals surface area contributed by atoms with E-state index < -0.39 is 5.63 Å². The van der Waals surface area contributed by atoms with Gasteiger partial charge in [0.25, 0.3) is 0 Å². The molecule has 1 fully saturated rings. The summed E-state index contributed by atoms with van der Waals surface area (Å²) in [5.74, 6) is 1.91. The van der Waals surface area contributed by atoms with Gasteiger partial charge in [0, 0.05) is 19.1 Å². The highest BCUT2D eigenvalue weighted by molar-refractivity contribution is 5.40. The molecule has 30 heavy (non-hydrogen) atoms. The van der Waals surface area contributed by atoms with Crippen molar-refractivity contribution in [1.29, 1.82) is 0 Å². The quantitative estimate of drug-likeness (QED) is 0.516. The zero-order chi connectivity index (χ0) is 21.1. The van der Waals surface area contributed by atoms with Gasteiger partial charge >= 0.3 is 5.63 Å². The van der Waals surface area contributed by atoms with E-state index in [2.05, 4.69) is 19.1 Å². The summed E-state index contributed by atoms with van der Waals surface area (Å²) >= 11 is 0. The van der Waals surface area contributed by atoms with E-state index >= 15 is 0 Å². The molecule has 1 aromatic carbocycles. The lowest BCUT2D eigenvalue weighted by Gasteiger charge is -2.18. The maximum absolute atomic E-state index is 13.0. The monoisotopic (exact) mass is 408 g/mol. The van der Waals surface area contributed by atoms with Crippen LogP contribution in [0, 0.1) is 5.92 Å². The molecular formula is C25H28O5. The second-order valence-corrected chi connectivity index (χ2v) is 8.08. The number of benzene rings is 1. The number of hydrogen-bond acceptors (Lipinski definition) is 5. The van der Waals surface area contributed by atoms with Crippen molar-refractivity contribution in [3.63, 3.8) is 0 Å². The maximum atomic E-state index is 13.0. The van der Waals surface area contributed by atoms with Crippen LogP contribution in [-0.4, -0.2) is 12.2 Å². The van der Waals surface area contributed by atoms with Crippen LogP contribution in [0.25, 0.3) is 0 Å². The summed E-state index contributed by atoms with van der Waals surface area (Å²) in [6.07, 6.45) is 3.55. The van der Waals surface area contributed by atoms with E-state index in [1.165, 1.54) is 5.56 Å². The Labute approximate surface area is 176 Å². The van der Waals surface area contributed by atoms with Crippen LogP contribution in [-0.2, 0) is 17.8 Å². The van der Waals surface area contributed by atoms with Crippen molar-refractivity contribution in [3.8, 4) is 5.75 Å². The lowest BCUT2D eigenvalue weighted by molar-refractivity contribution is 0.162. The molecule has 0 bridgehead atoms. The molecule has 5 heteroatoms. The van der Waals surface area contributed by atoms with Crippen LogP contribution in [0.1, 0.15) is 66.4 Å². The molecule has 0 spiro atoms. The van der Waals surface area contributed by atoms with Crippen LogP contribution in [0.2, 0.25) is 0 Å². The molecule has 1 aliphatic rings. The van der Waals surface area contributed by atoms with Crippen LogP contribution < -0.4 is 5.63 Å². The minimum atomic E-state index is -0.474. The normalized spacial score (nSPS) is 15.8. The molecular weight excluding hydrogens is 380 g/mol. The fourth-order valence-corrected chi connectivity index (χ4v) is 4.16. The van der Waals surface area contributed by atoms with Gasteiger partial charge in [-0.05, 0) is 49.3 Å². The SMILES string of the molecule is CCC(Cc1ccccc1)c1cc(O)c(C(c2ccc(COC)o2)C2CC2)c(=O)o1. The summed E-state index contributed by atoms with van der Waals surface area (Å²) in [4.78, 5) is 13.0. The number of ether oxygens (including phenoxy) is 1. The number of hydrogen-bond donors (Lipinski definition) is 1. The van der Waals surface area contributed by atoms with Gasteiger partial charge in [-0.2, -0.15) is 0 Å². The summed E-state index contributed by atoms with van der Waals surface area (Å²) in [6.45, 7) is 2.43. The van der Waals surface area contributed by atoms with Crippen molar-refractivity contribution >= 4 is 0 Å². The number of furan rings is 1. The highest BCUT2D eigenvalue weighted by Crippen LogP contribution is 2.48. The van der Waals surface area contributed by atoms with Gasteiger partial charge in [0.1, 0.15) is 29.6 Å². The number of methoxy groups -OCH3 is 1. The van der Waals surface area contributed by atoms with Crippen molar-refractivity contribution in [2.75, 3.05) is 7.11 Å². The van der Waals surface area contributed by atoms with Gasteiger partial charge < -0.3 is 18.7 Å². The molecule has 1 aliphatic carbocycles. The molecule has 0 radical (unpaired) electrons. The second kappa shape index (κ2) is 8.92. The molecule has 1 saturated carbocycles. The zero-order valence-corrected chi connectivity index (χ0v) is 17.5. The van der Waals surface area contributed by atoms with Crippen molar-refractivity contribution in [3.05, 3.63) is 87.4 Å². The van der Waals surface area contributed by atoms with Gasteiger partial charge in [0.2, 0.25) is 0 Å². The fraction of sp³-hybridized carbons (Fsp3) is 0.400. The fourth-order valence-electron chi connectivity index (χ4n) is 4.16. The summed E-state index contributed by atoms with van der Waals surface area (Å²) < 4.78 is 16.8. The van der Waals surface area contributed by atoms with Crippen molar-refractivity contribution < 1.29 is 18.7 Å². The van der Waals surface area contributed by atoms with Gasteiger partial charge in [0.15, 0.2) is 0 Å². The molecule has 2 heterocycles. The summed E-state index contributed by atoms with van der Waals surface area (Å²) in [5, 5.41) is 10.9. The van der Waals surface area contributed by atoms with Gasteiger partial charge in [-0.15, -0.1) is 0 Å². The molecule has 4 rings (SSSR count). The van der Waals surface area contributed by atoms with Crippen LogP contribution >= 0.6 is 0 Å². The lowest BCUT2D eigenvalue weighted by Crippen LogP contribution is -2.17. The van der Waals surface area contributed by atoms with Crippen molar-refractivity contribution in [2.24, 2.45) is 5.92 Å². The average molecular weight is 408 g/mol. The number of aromatic hydroxyl groups is 1. The topological polar surface area (TPSA) is 72.8 Å². The molecule has 2 atom stereocenters. The van der Waals surface area contributed by atoms with Gasteiger partial charge in [-0.1, -0.05) is 37.3 Å². The highest BCUT2D eigenvalue weighted by Gasteiger charge is 2.39. The first kappa shape index (κ1) is 20.5. The highest BCUT2D eigenvalue weighted by atomic mass is 16.5. The predicted molar refractivity (Wildman–Crippen MR) is 114 cm³/mol. The minimum Gasteiger partial charge on any atom is -0.507 e. The maximum Gasteiger partial charge on any atom is 0.343 e. The molecule has 3 aromatic rings. The van der Waals surface area contributed by atoms with Gasteiger partial charge in [0.05, 0.1) is 11.5 Å². The third kappa shape index (κ3) is 4.36. The van der Waals surface area contributed by atoms with Crippen molar-refractivity contribution in [1.82, 2.24) is 0 Å². The molecule has 5 nitrogen and oxygen atoms in total. The molecule has 2 unspecified atom stereocenters. The Morgan fingerprint density at radius 2 is 1.87 bits per heavy atom. The largest absolute Gasteiger partial charge is 0.507 e. The minimum absolute atomic E-state index is 0.00523. The van der Waals surface area contributed by atoms with Crippen LogP contribution in [0.4, 0.5) is 0 Å². The van der Waals surface area contributed by atoms with Crippen LogP contribution in [0.5, 0.6) is 5.75 Å². The first-order valence-corrected chi connectivity index (χ1v) is 10.6. The molecule has 0 aliphatic heterocycles. The first-order valence-electron chi connectivity index (χ1n) is 10.6. The van der Waals surface area contributed by atoms with E-state index in [9.17, 15) is 9.90 Å². The van der Waals surface area contributed by atoms with Gasteiger partial charge in [-0.25, -0.2) is 4.79 Å². The van der Waals surface area contributed by atoms with Crippen LogP contribution in [0.3, 0.4) is 0 Å². The Morgan fingerprint density at radius 3 is 2.50 bits per heavy atom. The average Bonchev–Trinajstić information content (AvgIpc) is 3.48. The molecule has 0 saturated heterocycles. The smallest absolute Gasteiger partial charge is 0.343 e. The summed E-state index contributed by atoms with van der Waals surface area (Å²) in [5.41, 5.74) is 1.000. The van der Waals surface area contributed by atoms with E-state index in [0.717, 1.165) is 25.7 Å². The van der Waals surface area contributed by atoms with Crippen LogP contribution in [0.15, 0.2) is 62.2 Å². The Kier molecular flexibility index (Phi) is 6.09. The van der Waals surface area contributed by atoms with E-state index in [1.807, 2.05) is 30.3 Å². The molecule has 158 valence electrons. The van der Waals surface area contributed by atoms with E-state index in [1.54, 1.807) is 13.2 Å². The first-order chi connectivity index (χ1) is 14.6. The second-order valence-electron chi connectivity index (χ2n) is 8.08. The predicted octanol–water partition coefficient (Wildman–Crippen LogP) is 5.36. The van der Waals surface area contributed by atoms with E-state index in [-0.39, 0.29) is 23.5 Å². The Bertz CT molecular complexity index is 1030. The van der Waals surface area contributed by atoms with E-state index in [0.29, 0.717) is 29.5 Å². The standard InChI is InChI=1S/C25H28O5/c1-3-17(13-16-7-5-4-6-8-16)22-14-20(26)24(25(27)30-22)23(18-9-10-18)21-12-11-19(29-21)15-28-2/h4-8,11-12,14,17-18,23,26H,3,9-10,13,15H2,1-2H3. The Balaban J connectivity index is 1.66. The third-order valence-electron chi connectivity index (χ3n) is 5.89. The lowest BCUT2D eigenvalue weighted by atomic mass is 9.90. The summed E-state index contributed by atoms with van der Waals surface area (Å²) in [6, 6.07) is 15.5. The third-order valence-corrected chi connectivity index (χ3v) is 5.89. The molecule has 0 amide bonds.